The van der Waals surface area contributed by atoms with Crippen LogP contribution in [0.5, 0.6) is 0 Å². The highest BCUT2D eigenvalue weighted by Gasteiger charge is 2.00. The number of hydrogen-bond donors (Lipinski definition) is 1. The smallest absolute Gasteiger partial charge is 0.246 e. The number of aryl methyl sites for hydroxylation is 1. The van der Waals surface area contributed by atoms with Crippen LogP contribution in [-0.2, 0) is 11.1 Å². The Kier molecular flexibility index (Phi) is 2.08. The van der Waals surface area contributed by atoms with Gasteiger partial charge in [0.25, 0.3) is 0 Å². The molecule has 1 N–H and O–H groups in total. The molecule has 5 heteroatoms. The highest BCUT2D eigenvalue weighted by molar-refractivity contribution is 7.79. The maximum Gasteiger partial charge on any atom is 0.246 e. The minimum atomic E-state index is -2.06. The second kappa shape index (κ2) is 2.85. The van der Waals surface area contributed by atoms with Crippen molar-refractivity contribution in [2.24, 2.45) is 0 Å². The van der Waals surface area contributed by atoms with Gasteiger partial charge in [0.2, 0.25) is 16.2 Å². The van der Waals surface area contributed by atoms with E-state index >= 15 is 0 Å². The van der Waals surface area contributed by atoms with E-state index in [0.717, 1.165) is 0 Å². The molecule has 0 fully saturated rings. The van der Waals surface area contributed by atoms with Crippen LogP contribution in [0.4, 0.5) is 0 Å². The van der Waals surface area contributed by atoms with Crippen molar-refractivity contribution in [1.82, 2.24) is 9.97 Å². The first-order valence-electron chi connectivity index (χ1n) is 2.60. The summed E-state index contributed by atoms with van der Waals surface area (Å²) >= 11 is -2.06. The second-order valence-corrected chi connectivity index (χ2v) is 2.59. The standard InChI is InChI=1S/C5H6N2O2S/c1-4-2-3-6-5(7-4)10(8)9/h2-3H,1H3,(H,8,9). The summed E-state index contributed by atoms with van der Waals surface area (Å²) in [6.07, 6.45) is 1.45. The van der Waals surface area contributed by atoms with Gasteiger partial charge in [-0.2, -0.15) is 0 Å². The van der Waals surface area contributed by atoms with Gasteiger partial charge in [-0.25, -0.2) is 14.2 Å². The largest absolute Gasteiger partial charge is 0.300 e. The molecule has 0 aliphatic rings. The highest BCUT2D eigenvalue weighted by atomic mass is 32.2. The Morgan fingerprint density at radius 1 is 1.70 bits per heavy atom. The molecular formula is C5H6N2O2S. The summed E-state index contributed by atoms with van der Waals surface area (Å²) in [5.41, 5.74) is 0.687. The lowest BCUT2D eigenvalue weighted by Crippen LogP contribution is -1.97. The van der Waals surface area contributed by atoms with E-state index in [1.54, 1.807) is 13.0 Å². The Labute approximate surface area is 60.6 Å². The fraction of sp³-hybridized carbons (Fsp3) is 0.200. The minimum absolute atomic E-state index is 0.0417. The summed E-state index contributed by atoms with van der Waals surface area (Å²) in [5, 5.41) is -0.0417. The first kappa shape index (κ1) is 7.30. The zero-order valence-electron chi connectivity index (χ0n) is 5.31. The van der Waals surface area contributed by atoms with Crippen molar-refractivity contribution >= 4 is 11.1 Å². The molecule has 1 aromatic rings. The van der Waals surface area contributed by atoms with Crippen LogP contribution in [0.2, 0.25) is 0 Å². The molecule has 1 heterocycles. The average molecular weight is 158 g/mol. The van der Waals surface area contributed by atoms with E-state index < -0.39 is 11.1 Å². The van der Waals surface area contributed by atoms with E-state index in [-0.39, 0.29) is 5.16 Å². The third-order valence-electron chi connectivity index (χ3n) is 0.929. The van der Waals surface area contributed by atoms with Crippen LogP contribution in [0.15, 0.2) is 17.4 Å². The number of rotatable bonds is 1. The lowest BCUT2D eigenvalue weighted by Gasteiger charge is -1.92. The van der Waals surface area contributed by atoms with Crippen molar-refractivity contribution in [3.05, 3.63) is 18.0 Å². The van der Waals surface area contributed by atoms with Gasteiger partial charge < -0.3 is 0 Å². The Balaban J connectivity index is 3.07. The van der Waals surface area contributed by atoms with E-state index in [9.17, 15) is 4.21 Å². The molecule has 1 aromatic heterocycles. The molecule has 0 radical (unpaired) electrons. The first-order valence-corrected chi connectivity index (χ1v) is 3.71. The van der Waals surface area contributed by atoms with Gasteiger partial charge in [-0.05, 0) is 13.0 Å². The van der Waals surface area contributed by atoms with E-state index in [1.807, 2.05) is 0 Å². The minimum Gasteiger partial charge on any atom is -0.300 e. The van der Waals surface area contributed by atoms with Crippen molar-refractivity contribution in [3.8, 4) is 0 Å². The van der Waals surface area contributed by atoms with Crippen LogP contribution < -0.4 is 0 Å². The third kappa shape index (κ3) is 1.58. The summed E-state index contributed by atoms with van der Waals surface area (Å²) in [7, 11) is 0. The summed E-state index contributed by atoms with van der Waals surface area (Å²) in [6, 6.07) is 1.66. The van der Waals surface area contributed by atoms with Gasteiger partial charge in [-0.3, -0.25) is 4.55 Å². The average Bonchev–Trinajstić information content (AvgIpc) is 1.88. The molecule has 0 aliphatic carbocycles. The van der Waals surface area contributed by atoms with Crippen molar-refractivity contribution < 1.29 is 8.76 Å². The summed E-state index contributed by atoms with van der Waals surface area (Å²) in [4.78, 5) is 7.29. The summed E-state index contributed by atoms with van der Waals surface area (Å²) in [5.74, 6) is 0. The third-order valence-corrected chi connectivity index (χ3v) is 1.44. The highest BCUT2D eigenvalue weighted by Crippen LogP contribution is 1.95. The lowest BCUT2D eigenvalue weighted by atomic mass is 10.5. The molecule has 0 bridgehead atoms. The second-order valence-electron chi connectivity index (χ2n) is 1.73. The maximum atomic E-state index is 10.3. The van der Waals surface area contributed by atoms with Gasteiger partial charge in [0, 0.05) is 11.9 Å². The van der Waals surface area contributed by atoms with Crippen molar-refractivity contribution in [2.45, 2.75) is 12.1 Å². The van der Waals surface area contributed by atoms with Crippen LogP contribution >= 0.6 is 0 Å². The number of aromatic nitrogens is 2. The van der Waals surface area contributed by atoms with E-state index in [1.165, 1.54) is 6.20 Å². The predicted molar refractivity (Wildman–Crippen MR) is 35.8 cm³/mol. The quantitative estimate of drug-likeness (QED) is 0.473. The fourth-order valence-electron chi connectivity index (χ4n) is 0.510. The van der Waals surface area contributed by atoms with E-state index in [2.05, 4.69) is 9.97 Å². The van der Waals surface area contributed by atoms with Crippen molar-refractivity contribution in [1.29, 1.82) is 0 Å². The summed E-state index contributed by atoms with van der Waals surface area (Å²) in [6.45, 7) is 1.73. The molecule has 0 saturated carbocycles. The van der Waals surface area contributed by atoms with Crippen LogP contribution in [0.1, 0.15) is 5.69 Å². The van der Waals surface area contributed by atoms with Gasteiger partial charge in [0.15, 0.2) is 0 Å². The normalized spacial score (nSPS) is 13.0. The molecule has 4 nitrogen and oxygen atoms in total. The van der Waals surface area contributed by atoms with Gasteiger partial charge in [0.1, 0.15) is 0 Å². The monoisotopic (exact) mass is 158 g/mol. The molecular weight excluding hydrogens is 152 g/mol. The zero-order chi connectivity index (χ0) is 7.56. The molecule has 10 heavy (non-hydrogen) atoms. The van der Waals surface area contributed by atoms with Crippen molar-refractivity contribution in [2.75, 3.05) is 0 Å². The Morgan fingerprint density at radius 3 is 2.80 bits per heavy atom. The van der Waals surface area contributed by atoms with Gasteiger partial charge in [-0.1, -0.05) is 0 Å². The maximum absolute atomic E-state index is 10.3. The molecule has 0 amide bonds. The number of nitrogens with zero attached hydrogens (tertiary/aromatic N) is 2. The van der Waals surface area contributed by atoms with Crippen LogP contribution in [0.3, 0.4) is 0 Å². The molecule has 1 unspecified atom stereocenters. The predicted octanol–water partition coefficient (Wildman–Crippen LogP) is 0.366. The molecule has 0 spiro atoms. The lowest BCUT2D eigenvalue weighted by molar-refractivity contribution is 0.554. The summed E-state index contributed by atoms with van der Waals surface area (Å²) < 4.78 is 18.8. The molecule has 0 aliphatic heterocycles. The SMILES string of the molecule is Cc1ccnc(S(=O)O)n1. The van der Waals surface area contributed by atoms with Crippen LogP contribution in [0.25, 0.3) is 0 Å². The fourth-order valence-corrected chi connectivity index (χ4v) is 0.883. The van der Waals surface area contributed by atoms with Crippen LogP contribution in [-0.4, -0.2) is 18.7 Å². The van der Waals surface area contributed by atoms with Crippen LogP contribution in [0, 0.1) is 6.92 Å². The van der Waals surface area contributed by atoms with Gasteiger partial charge >= 0.3 is 0 Å². The molecule has 0 saturated heterocycles. The Morgan fingerprint density at radius 2 is 2.40 bits per heavy atom. The topological polar surface area (TPSA) is 63.1 Å². The molecule has 1 atom stereocenters. The zero-order valence-corrected chi connectivity index (χ0v) is 6.13. The molecule has 54 valence electrons. The van der Waals surface area contributed by atoms with Gasteiger partial charge in [-0.15, -0.1) is 0 Å². The molecule has 0 aromatic carbocycles. The van der Waals surface area contributed by atoms with E-state index in [0.29, 0.717) is 5.69 Å². The van der Waals surface area contributed by atoms with Crippen molar-refractivity contribution in [3.63, 3.8) is 0 Å². The number of hydrogen-bond acceptors (Lipinski definition) is 3. The first-order chi connectivity index (χ1) is 4.70. The molecule has 1 rings (SSSR count). The van der Waals surface area contributed by atoms with E-state index in [4.69, 9.17) is 4.55 Å². The van der Waals surface area contributed by atoms with Gasteiger partial charge in [0.05, 0.1) is 0 Å². The Bertz CT molecular complexity index is 264. The Hall–Kier alpha value is -0.810.